The number of nitrogens with zero attached hydrogens (tertiary/aromatic N) is 2. The third-order valence-electron chi connectivity index (χ3n) is 2.32. The van der Waals surface area contributed by atoms with Gasteiger partial charge < -0.3 is 15.2 Å². The number of rotatable bonds is 5. The predicted octanol–water partition coefficient (Wildman–Crippen LogP) is 3.54. The van der Waals surface area contributed by atoms with E-state index in [0.717, 1.165) is 0 Å². The Morgan fingerprint density at radius 1 is 1.30 bits per heavy atom. The van der Waals surface area contributed by atoms with Crippen molar-refractivity contribution in [2.75, 3.05) is 12.3 Å². The van der Waals surface area contributed by atoms with Gasteiger partial charge in [0, 0.05) is 18.3 Å². The molecule has 0 bridgehead atoms. The molecule has 0 aliphatic rings. The fourth-order valence-corrected chi connectivity index (χ4v) is 1.59. The summed E-state index contributed by atoms with van der Waals surface area (Å²) in [6.45, 7) is 4.64. The van der Waals surface area contributed by atoms with Gasteiger partial charge in [0.05, 0.1) is 23.5 Å². The summed E-state index contributed by atoms with van der Waals surface area (Å²) in [6.07, 6.45) is 3.08. The van der Waals surface area contributed by atoms with E-state index >= 15 is 0 Å². The van der Waals surface area contributed by atoms with Crippen LogP contribution in [-0.2, 0) is 0 Å². The zero-order valence-electron chi connectivity index (χ0n) is 11.3. The molecular formula is C14H16ClN3O2. The van der Waals surface area contributed by atoms with E-state index in [1.54, 1.807) is 24.4 Å². The molecule has 106 valence electrons. The van der Waals surface area contributed by atoms with Gasteiger partial charge in [-0.15, -0.1) is 0 Å². The monoisotopic (exact) mass is 293 g/mol. The lowest BCUT2D eigenvalue weighted by Gasteiger charge is -2.11. The number of halogens is 1. The molecule has 0 fully saturated rings. The lowest BCUT2D eigenvalue weighted by Crippen LogP contribution is -2.07. The molecule has 0 radical (unpaired) electrons. The normalized spacial score (nSPS) is 10.6. The SMILES string of the molecule is CC(C)COc1nc(Oc2cncc(Cl)c2)ccc1N. The van der Waals surface area contributed by atoms with Crippen molar-refractivity contribution in [1.29, 1.82) is 0 Å². The molecular weight excluding hydrogens is 278 g/mol. The van der Waals surface area contributed by atoms with E-state index in [-0.39, 0.29) is 0 Å². The van der Waals surface area contributed by atoms with Gasteiger partial charge in [-0.3, -0.25) is 4.98 Å². The Bertz CT molecular complexity index is 590. The van der Waals surface area contributed by atoms with E-state index in [0.29, 0.717) is 40.7 Å². The highest BCUT2D eigenvalue weighted by Gasteiger charge is 2.07. The van der Waals surface area contributed by atoms with Gasteiger partial charge in [0.1, 0.15) is 5.75 Å². The molecule has 2 N–H and O–H groups in total. The summed E-state index contributed by atoms with van der Waals surface area (Å²) in [4.78, 5) is 8.17. The van der Waals surface area contributed by atoms with Gasteiger partial charge in [0.2, 0.25) is 11.8 Å². The first-order valence-corrected chi connectivity index (χ1v) is 6.60. The van der Waals surface area contributed by atoms with Gasteiger partial charge in [-0.05, 0) is 12.0 Å². The molecule has 0 spiro atoms. The van der Waals surface area contributed by atoms with Crippen molar-refractivity contribution >= 4 is 17.3 Å². The second-order valence-electron chi connectivity index (χ2n) is 4.69. The summed E-state index contributed by atoms with van der Waals surface area (Å²) < 4.78 is 11.1. The van der Waals surface area contributed by atoms with Crippen molar-refractivity contribution in [3.63, 3.8) is 0 Å². The largest absolute Gasteiger partial charge is 0.476 e. The maximum Gasteiger partial charge on any atom is 0.240 e. The first kappa shape index (κ1) is 14.4. The Morgan fingerprint density at radius 3 is 2.80 bits per heavy atom. The number of nitrogen functional groups attached to an aromatic ring is 1. The zero-order valence-corrected chi connectivity index (χ0v) is 12.1. The standard InChI is InChI=1S/C14H16ClN3O2/c1-9(2)8-19-14-12(16)3-4-13(18-14)20-11-5-10(15)6-17-7-11/h3-7,9H,8,16H2,1-2H3. The van der Waals surface area contributed by atoms with Crippen molar-refractivity contribution in [2.24, 2.45) is 5.92 Å². The molecule has 6 heteroatoms. The first-order valence-electron chi connectivity index (χ1n) is 6.22. The predicted molar refractivity (Wildman–Crippen MR) is 78.3 cm³/mol. The first-order chi connectivity index (χ1) is 9.54. The van der Waals surface area contributed by atoms with Crippen LogP contribution in [0.3, 0.4) is 0 Å². The van der Waals surface area contributed by atoms with Crippen LogP contribution >= 0.6 is 11.6 Å². The van der Waals surface area contributed by atoms with Crippen molar-refractivity contribution in [2.45, 2.75) is 13.8 Å². The molecule has 0 saturated heterocycles. The molecule has 2 heterocycles. The van der Waals surface area contributed by atoms with Crippen molar-refractivity contribution in [3.8, 4) is 17.5 Å². The molecule has 0 aromatic carbocycles. The number of nitrogens with two attached hydrogens (primary N) is 1. The third-order valence-corrected chi connectivity index (χ3v) is 2.53. The molecule has 5 nitrogen and oxygen atoms in total. The fraction of sp³-hybridized carbons (Fsp3) is 0.286. The second-order valence-corrected chi connectivity index (χ2v) is 5.13. The molecule has 2 aromatic heterocycles. The Morgan fingerprint density at radius 2 is 2.10 bits per heavy atom. The summed E-state index contributed by atoms with van der Waals surface area (Å²) >= 11 is 5.84. The number of hydrogen-bond acceptors (Lipinski definition) is 5. The van der Waals surface area contributed by atoms with Crippen LogP contribution in [0, 0.1) is 5.92 Å². The van der Waals surface area contributed by atoms with Gasteiger partial charge in [-0.1, -0.05) is 25.4 Å². The summed E-state index contributed by atoms with van der Waals surface area (Å²) in [6, 6.07) is 5.01. The number of ether oxygens (including phenoxy) is 2. The van der Waals surface area contributed by atoms with E-state index in [9.17, 15) is 0 Å². The van der Waals surface area contributed by atoms with Gasteiger partial charge in [0.15, 0.2) is 0 Å². The molecule has 0 saturated carbocycles. The van der Waals surface area contributed by atoms with Crippen molar-refractivity contribution in [1.82, 2.24) is 9.97 Å². The van der Waals surface area contributed by atoms with Gasteiger partial charge in [0.25, 0.3) is 0 Å². The lowest BCUT2D eigenvalue weighted by molar-refractivity contribution is 0.260. The van der Waals surface area contributed by atoms with E-state index in [2.05, 4.69) is 9.97 Å². The van der Waals surface area contributed by atoms with E-state index in [4.69, 9.17) is 26.8 Å². The van der Waals surface area contributed by atoms with Crippen LogP contribution in [0.1, 0.15) is 13.8 Å². The highest BCUT2D eigenvalue weighted by Crippen LogP contribution is 2.26. The molecule has 2 aromatic rings. The minimum Gasteiger partial charge on any atom is -0.476 e. The van der Waals surface area contributed by atoms with Gasteiger partial charge in [-0.2, -0.15) is 4.98 Å². The second kappa shape index (κ2) is 6.43. The smallest absolute Gasteiger partial charge is 0.240 e. The molecule has 0 amide bonds. The fourth-order valence-electron chi connectivity index (χ4n) is 1.42. The summed E-state index contributed by atoms with van der Waals surface area (Å²) in [5.41, 5.74) is 6.29. The zero-order chi connectivity index (χ0) is 14.5. The maximum atomic E-state index is 5.84. The number of hydrogen-bond donors (Lipinski definition) is 1. The summed E-state index contributed by atoms with van der Waals surface area (Å²) in [7, 11) is 0. The van der Waals surface area contributed by atoms with Crippen LogP contribution in [0.25, 0.3) is 0 Å². The van der Waals surface area contributed by atoms with Crippen LogP contribution < -0.4 is 15.2 Å². The van der Waals surface area contributed by atoms with Gasteiger partial charge in [-0.25, -0.2) is 0 Å². The van der Waals surface area contributed by atoms with E-state index in [1.165, 1.54) is 6.20 Å². The topological polar surface area (TPSA) is 70.3 Å². The third kappa shape index (κ3) is 3.99. The van der Waals surface area contributed by atoms with Crippen LogP contribution in [0.5, 0.6) is 17.5 Å². The lowest BCUT2D eigenvalue weighted by atomic mass is 10.2. The van der Waals surface area contributed by atoms with E-state index in [1.807, 2.05) is 13.8 Å². The highest BCUT2D eigenvalue weighted by molar-refractivity contribution is 6.30. The minimum atomic E-state index is 0.367. The van der Waals surface area contributed by atoms with Crippen LogP contribution in [0.2, 0.25) is 5.02 Å². The van der Waals surface area contributed by atoms with Crippen LogP contribution in [0.4, 0.5) is 5.69 Å². The Kier molecular flexibility index (Phi) is 4.63. The summed E-state index contributed by atoms with van der Waals surface area (Å²) in [5, 5.41) is 0.495. The Balaban J connectivity index is 2.14. The average molecular weight is 294 g/mol. The van der Waals surface area contributed by atoms with Crippen molar-refractivity contribution in [3.05, 3.63) is 35.6 Å². The number of pyridine rings is 2. The van der Waals surface area contributed by atoms with Crippen LogP contribution in [0.15, 0.2) is 30.6 Å². The average Bonchev–Trinajstić information content (AvgIpc) is 2.39. The number of aromatic nitrogens is 2. The molecule has 0 atom stereocenters. The highest BCUT2D eigenvalue weighted by atomic mass is 35.5. The summed E-state index contributed by atoms with van der Waals surface area (Å²) in [5.74, 6) is 1.63. The number of anilines is 1. The Hall–Kier alpha value is -2.01. The van der Waals surface area contributed by atoms with Gasteiger partial charge >= 0.3 is 0 Å². The Labute approximate surface area is 122 Å². The molecule has 2 rings (SSSR count). The van der Waals surface area contributed by atoms with E-state index < -0.39 is 0 Å². The molecule has 0 unspecified atom stereocenters. The maximum absolute atomic E-state index is 5.84. The molecule has 20 heavy (non-hydrogen) atoms. The minimum absolute atomic E-state index is 0.367. The van der Waals surface area contributed by atoms with Crippen molar-refractivity contribution < 1.29 is 9.47 Å². The van der Waals surface area contributed by atoms with Crippen LogP contribution in [-0.4, -0.2) is 16.6 Å². The molecule has 0 aliphatic carbocycles. The molecule has 0 aliphatic heterocycles. The quantitative estimate of drug-likeness (QED) is 0.913.